The Morgan fingerprint density at radius 1 is 0.960 bits per heavy atom. The highest BCUT2D eigenvalue weighted by atomic mass is 32.1. The molecule has 3 aromatic rings. The SMILES string of the molecule is c1ccc(CN2CCC(Nc3nc(-c4ccccc4)cs3)CC2)cc1. The number of thiazole rings is 1. The molecule has 0 unspecified atom stereocenters. The molecule has 1 saturated heterocycles. The van der Waals surface area contributed by atoms with Gasteiger partial charge in [0.05, 0.1) is 5.69 Å². The molecule has 1 N–H and O–H groups in total. The molecule has 2 aromatic carbocycles. The number of likely N-dealkylation sites (tertiary alicyclic amines) is 1. The number of aromatic nitrogens is 1. The van der Waals surface area contributed by atoms with Gasteiger partial charge in [-0.05, 0) is 18.4 Å². The summed E-state index contributed by atoms with van der Waals surface area (Å²) in [7, 11) is 0. The van der Waals surface area contributed by atoms with E-state index in [2.05, 4.69) is 70.2 Å². The quantitative estimate of drug-likeness (QED) is 0.711. The topological polar surface area (TPSA) is 28.2 Å². The Hall–Kier alpha value is -2.17. The molecular formula is C21H23N3S. The number of piperidine rings is 1. The van der Waals surface area contributed by atoms with E-state index in [4.69, 9.17) is 4.98 Å². The van der Waals surface area contributed by atoms with Gasteiger partial charge in [0.15, 0.2) is 5.13 Å². The first-order chi connectivity index (χ1) is 12.4. The predicted octanol–water partition coefficient (Wildman–Crippen LogP) is 4.89. The minimum atomic E-state index is 0.529. The van der Waals surface area contributed by atoms with Crippen LogP contribution in [0.4, 0.5) is 5.13 Å². The fraction of sp³-hybridized carbons (Fsp3) is 0.286. The largest absolute Gasteiger partial charge is 0.359 e. The van der Waals surface area contributed by atoms with Crippen molar-refractivity contribution in [3.05, 3.63) is 71.6 Å². The summed E-state index contributed by atoms with van der Waals surface area (Å²) in [4.78, 5) is 7.30. The van der Waals surface area contributed by atoms with E-state index in [1.807, 2.05) is 6.07 Å². The summed E-state index contributed by atoms with van der Waals surface area (Å²) >= 11 is 1.71. The van der Waals surface area contributed by atoms with Crippen LogP contribution in [0.25, 0.3) is 11.3 Å². The zero-order valence-electron chi connectivity index (χ0n) is 14.3. The van der Waals surface area contributed by atoms with Crippen molar-refractivity contribution in [2.45, 2.75) is 25.4 Å². The molecule has 0 spiro atoms. The van der Waals surface area contributed by atoms with E-state index in [-0.39, 0.29) is 0 Å². The normalized spacial score (nSPS) is 16.0. The summed E-state index contributed by atoms with van der Waals surface area (Å²) in [5, 5.41) is 6.82. The summed E-state index contributed by atoms with van der Waals surface area (Å²) in [6, 6.07) is 21.7. The van der Waals surface area contributed by atoms with Gasteiger partial charge in [0, 0.05) is 36.6 Å². The van der Waals surface area contributed by atoms with Crippen LogP contribution in [0.5, 0.6) is 0 Å². The van der Waals surface area contributed by atoms with Crippen LogP contribution in [0.2, 0.25) is 0 Å². The molecule has 2 heterocycles. The van der Waals surface area contributed by atoms with E-state index in [1.165, 1.54) is 24.0 Å². The van der Waals surface area contributed by atoms with Gasteiger partial charge >= 0.3 is 0 Å². The lowest BCUT2D eigenvalue weighted by atomic mass is 10.0. The zero-order valence-corrected chi connectivity index (χ0v) is 15.1. The number of anilines is 1. The van der Waals surface area contributed by atoms with Gasteiger partial charge in [-0.2, -0.15) is 0 Å². The summed E-state index contributed by atoms with van der Waals surface area (Å²) in [5.74, 6) is 0. The van der Waals surface area contributed by atoms with E-state index < -0.39 is 0 Å². The van der Waals surface area contributed by atoms with Gasteiger partial charge in [-0.15, -0.1) is 11.3 Å². The Balaban J connectivity index is 1.30. The van der Waals surface area contributed by atoms with Crippen molar-refractivity contribution in [2.24, 2.45) is 0 Å². The molecule has 128 valence electrons. The van der Waals surface area contributed by atoms with E-state index in [0.717, 1.165) is 30.5 Å². The van der Waals surface area contributed by atoms with Crippen molar-refractivity contribution >= 4 is 16.5 Å². The van der Waals surface area contributed by atoms with Crippen LogP contribution in [0.3, 0.4) is 0 Å². The third-order valence-electron chi connectivity index (χ3n) is 4.74. The summed E-state index contributed by atoms with van der Waals surface area (Å²) in [6.45, 7) is 3.34. The van der Waals surface area contributed by atoms with Crippen LogP contribution in [-0.4, -0.2) is 29.0 Å². The van der Waals surface area contributed by atoms with Crippen molar-refractivity contribution in [3.63, 3.8) is 0 Å². The highest BCUT2D eigenvalue weighted by Gasteiger charge is 2.20. The minimum Gasteiger partial charge on any atom is -0.359 e. The lowest BCUT2D eigenvalue weighted by Crippen LogP contribution is -2.38. The van der Waals surface area contributed by atoms with Crippen molar-refractivity contribution in [1.29, 1.82) is 0 Å². The van der Waals surface area contributed by atoms with Crippen LogP contribution in [-0.2, 0) is 6.54 Å². The first-order valence-corrected chi connectivity index (χ1v) is 9.78. The number of hydrogen-bond acceptors (Lipinski definition) is 4. The summed E-state index contributed by atoms with van der Waals surface area (Å²) in [5.41, 5.74) is 3.65. The third kappa shape index (κ3) is 4.27. The highest BCUT2D eigenvalue weighted by Crippen LogP contribution is 2.26. The molecule has 4 heteroatoms. The molecule has 3 nitrogen and oxygen atoms in total. The number of nitrogens with one attached hydrogen (secondary N) is 1. The second-order valence-electron chi connectivity index (χ2n) is 6.58. The standard InChI is InChI=1S/C21H23N3S/c1-3-7-17(8-4-1)15-24-13-11-19(12-14-24)22-21-23-20(16-25-21)18-9-5-2-6-10-18/h1-10,16,19H,11-15H2,(H,22,23). The Kier molecular flexibility index (Phi) is 5.09. The maximum Gasteiger partial charge on any atom is 0.183 e. The third-order valence-corrected chi connectivity index (χ3v) is 5.51. The minimum absolute atomic E-state index is 0.529. The fourth-order valence-electron chi connectivity index (χ4n) is 3.33. The molecule has 0 bridgehead atoms. The average Bonchev–Trinajstić information content (AvgIpc) is 3.14. The van der Waals surface area contributed by atoms with Gasteiger partial charge in [-0.1, -0.05) is 60.7 Å². The second-order valence-corrected chi connectivity index (χ2v) is 7.44. The smallest absolute Gasteiger partial charge is 0.183 e. The number of hydrogen-bond donors (Lipinski definition) is 1. The van der Waals surface area contributed by atoms with Gasteiger partial charge in [0.2, 0.25) is 0 Å². The van der Waals surface area contributed by atoms with Crippen LogP contribution in [0, 0.1) is 0 Å². The van der Waals surface area contributed by atoms with Gasteiger partial charge in [0.1, 0.15) is 0 Å². The van der Waals surface area contributed by atoms with Crippen molar-refractivity contribution in [2.75, 3.05) is 18.4 Å². The van der Waals surface area contributed by atoms with Gasteiger partial charge in [-0.3, -0.25) is 4.90 Å². The zero-order chi connectivity index (χ0) is 16.9. The van der Waals surface area contributed by atoms with E-state index in [1.54, 1.807) is 11.3 Å². The molecule has 4 rings (SSSR count). The number of rotatable bonds is 5. The summed E-state index contributed by atoms with van der Waals surface area (Å²) < 4.78 is 0. The molecular weight excluding hydrogens is 326 g/mol. The van der Waals surface area contributed by atoms with E-state index in [0.29, 0.717) is 6.04 Å². The van der Waals surface area contributed by atoms with Gasteiger partial charge in [-0.25, -0.2) is 4.98 Å². The van der Waals surface area contributed by atoms with Crippen LogP contribution < -0.4 is 5.32 Å². The van der Waals surface area contributed by atoms with Crippen LogP contribution in [0.15, 0.2) is 66.0 Å². The molecule has 0 aliphatic carbocycles. The highest BCUT2D eigenvalue weighted by molar-refractivity contribution is 7.14. The van der Waals surface area contributed by atoms with Gasteiger partial charge in [0.25, 0.3) is 0 Å². The molecule has 1 aliphatic heterocycles. The maximum atomic E-state index is 4.76. The van der Waals surface area contributed by atoms with E-state index in [9.17, 15) is 0 Å². The fourth-order valence-corrected chi connectivity index (χ4v) is 4.13. The molecule has 0 atom stereocenters. The molecule has 1 aromatic heterocycles. The Morgan fingerprint density at radius 3 is 2.36 bits per heavy atom. The van der Waals surface area contributed by atoms with Crippen molar-refractivity contribution in [3.8, 4) is 11.3 Å². The maximum absolute atomic E-state index is 4.76. The van der Waals surface area contributed by atoms with Gasteiger partial charge < -0.3 is 5.32 Å². The molecule has 1 fully saturated rings. The Labute approximate surface area is 153 Å². The van der Waals surface area contributed by atoms with Crippen LogP contribution in [0.1, 0.15) is 18.4 Å². The van der Waals surface area contributed by atoms with Crippen LogP contribution >= 0.6 is 11.3 Å². The van der Waals surface area contributed by atoms with Crippen molar-refractivity contribution < 1.29 is 0 Å². The molecule has 1 aliphatic rings. The molecule has 0 amide bonds. The van der Waals surface area contributed by atoms with Crippen molar-refractivity contribution in [1.82, 2.24) is 9.88 Å². The second kappa shape index (κ2) is 7.81. The number of benzene rings is 2. The first kappa shape index (κ1) is 16.3. The lowest BCUT2D eigenvalue weighted by Gasteiger charge is -2.32. The first-order valence-electron chi connectivity index (χ1n) is 8.90. The lowest BCUT2D eigenvalue weighted by molar-refractivity contribution is 0.211. The van der Waals surface area contributed by atoms with E-state index >= 15 is 0 Å². The molecule has 25 heavy (non-hydrogen) atoms. The summed E-state index contributed by atoms with van der Waals surface area (Å²) in [6.07, 6.45) is 2.35. The molecule has 0 saturated carbocycles. The predicted molar refractivity (Wildman–Crippen MR) is 106 cm³/mol. The Bertz CT molecular complexity index is 777. The number of nitrogens with zero attached hydrogens (tertiary/aromatic N) is 2. The monoisotopic (exact) mass is 349 g/mol. The Morgan fingerprint density at radius 2 is 1.64 bits per heavy atom. The average molecular weight is 350 g/mol. The molecule has 0 radical (unpaired) electrons.